The standard InChI is InChI=1S/C24H25N5OS.C23H25N3OS.C22H23N5OS.C21H23N3OS/c1-16-3-2-10-28(13-16)24(30)23-27-21(19-8-6-17(11-25)7-9-19)22(31-23)20-12-26-29(15-20)14-18-4-5-18;1-17-9-14-26(15-10-17)22-25-21(19-6-4-18(16-24)5-7-19)20(28-22)8-13-23(27)11-2-3-12-23;1-3-27-14-18(12-24-27)20-19(17-8-6-16(11-23)7-9-17)25-21(29-20)22(28)26-10-4-5-15(2)13-26;1-15-9-12-24(13-10-15)20-23-19(17-6-4-16(14-22)5-7-17)18(26-20)8-11-21(2,3)25/h6-9,12,15-16,18H,2-5,10,13-14H2,1H3;4-7,17,27H,2-3,9-12,14-15H2,1H3;6-9,12,14-15H,3-5,10,13H2,1-2H3;4-7,15,25H,9-10,12-13H2,1-3H3/t16-;;15-;/m1.1./s1. The van der Waals surface area contributed by atoms with Gasteiger partial charge in [0.15, 0.2) is 20.3 Å². The Hall–Kier alpha value is -10.6. The van der Waals surface area contributed by atoms with Crippen LogP contribution >= 0.6 is 45.3 Å². The molecular weight excluding hydrogens is 1500 g/mol. The number of nitriles is 4. The number of hydrogen-bond donors (Lipinski definition) is 2. The lowest BCUT2D eigenvalue weighted by Crippen LogP contribution is -2.39. The topological polar surface area (TPSA) is 270 Å². The minimum absolute atomic E-state index is 0.00517. The van der Waals surface area contributed by atoms with E-state index in [0.29, 0.717) is 44.1 Å². The molecule has 6 aliphatic rings. The third-order valence-corrected chi connectivity index (χ3v) is 25.8. The maximum atomic E-state index is 13.2. The van der Waals surface area contributed by atoms with Crippen LogP contribution in [0.1, 0.15) is 190 Å². The van der Waals surface area contributed by atoms with E-state index in [2.05, 4.69) is 102 Å². The summed E-state index contributed by atoms with van der Waals surface area (Å²) in [6.07, 6.45) is 23.0. The first-order valence-corrected chi connectivity index (χ1v) is 43.1. The smallest absolute Gasteiger partial charge is 0.282 e. The number of benzene rings is 4. The molecule has 0 radical (unpaired) electrons. The Kier molecular flexibility index (Phi) is 26.5. The maximum absolute atomic E-state index is 13.2. The highest BCUT2D eigenvalue weighted by atomic mass is 32.1. The van der Waals surface area contributed by atoms with Crippen LogP contribution in [0.2, 0.25) is 0 Å². The number of aryl methyl sites for hydroxylation is 1. The molecule has 2 aliphatic carbocycles. The van der Waals surface area contributed by atoms with Gasteiger partial charge in [0.25, 0.3) is 11.8 Å². The molecule has 24 heteroatoms. The first kappa shape index (κ1) is 81.4. The maximum Gasteiger partial charge on any atom is 0.282 e. The van der Waals surface area contributed by atoms with Crippen LogP contribution in [-0.4, -0.2) is 135 Å². The highest BCUT2D eigenvalue weighted by Gasteiger charge is 2.33. The van der Waals surface area contributed by atoms with Crippen molar-refractivity contribution >= 4 is 67.4 Å². The van der Waals surface area contributed by atoms with Crippen molar-refractivity contribution in [3.05, 3.63) is 164 Å². The van der Waals surface area contributed by atoms with Crippen molar-refractivity contribution in [3.63, 3.8) is 0 Å². The SMILES string of the molecule is CC1CCN(c2nc(-c3ccc(C#N)cc3)c(C#CC(C)(C)O)s2)CC1.CC1CCN(c2nc(-c3ccc(C#N)cc3)c(C#CC3(O)CCCC3)s2)CC1.CCn1cc(-c2sc(C(=O)N3CCC[C@@H](C)C3)nc2-c2ccc(C#N)cc2)cn1.C[C@@H]1CCCN(C(=O)c2nc(-c3ccc(C#N)cc3)c(-c3cnn(CC4CC4)c3)s2)C1. The average molecular weight is 1590 g/mol. The summed E-state index contributed by atoms with van der Waals surface area (Å²) in [5, 5.41) is 68.8. The number of rotatable bonds is 13. The number of carbonyl (C=O) groups excluding carboxylic acids is 2. The van der Waals surface area contributed by atoms with Crippen molar-refractivity contribution in [2.45, 2.75) is 163 Å². The molecule has 0 spiro atoms. The Balaban J connectivity index is 0.000000133. The van der Waals surface area contributed by atoms with E-state index in [0.717, 1.165) is 208 Å². The van der Waals surface area contributed by atoms with Crippen molar-refractivity contribution in [1.82, 2.24) is 49.3 Å². The molecule has 10 heterocycles. The van der Waals surface area contributed by atoms with Gasteiger partial charge in [0.1, 0.15) is 21.0 Å². The third-order valence-electron chi connectivity index (χ3n) is 21.6. The summed E-state index contributed by atoms with van der Waals surface area (Å²) in [6.45, 7) is 23.3. The molecule has 0 unspecified atom stereocenters. The number of hydrogen-bond acceptors (Lipinski definition) is 20. The van der Waals surface area contributed by atoms with E-state index in [-0.39, 0.29) is 11.8 Å². The number of anilines is 2. The molecule has 4 saturated heterocycles. The van der Waals surface area contributed by atoms with E-state index in [1.165, 1.54) is 74.0 Å². The van der Waals surface area contributed by atoms with Gasteiger partial charge in [-0.25, -0.2) is 19.9 Å². The normalized spacial score (nSPS) is 17.5. The highest BCUT2D eigenvalue weighted by Crippen LogP contribution is 2.43. The van der Waals surface area contributed by atoms with Crippen LogP contribution in [-0.2, 0) is 13.1 Å². The molecule has 114 heavy (non-hydrogen) atoms. The Morgan fingerprint density at radius 1 is 0.482 bits per heavy atom. The Morgan fingerprint density at radius 3 is 1.24 bits per heavy atom. The first-order chi connectivity index (χ1) is 55.1. The minimum atomic E-state index is -1.05. The summed E-state index contributed by atoms with van der Waals surface area (Å²) >= 11 is 6.07. The van der Waals surface area contributed by atoms with E-state index >= 15 is 0 Å². The minimum Gasteiger partial charge on any atom is -0.378 e. The summed E-state index contributed by atoms with van der Waals surface area (Å²) in [6, 6.07) is 38.2. The van der Waals surface area contributed by atoms with Crippen molar-refractivity contribution in [2.75, 3.05) is 62.2 Å². The molecule has 4 aromatic carbocycles. The van der Waals surface area contributed by atoms with Crippen LogP contribution in [0.4, 0.5) is 10.3 Å². The van der Waals surface area contributed by atoms with Crippen LogP contribution in [0.5, 0.6) is 0 Å². The fourth-order valence-corrected chi connectivity index (χ4v) is 18.6. The van der Waals surface area contributed by atoms with Crippen molar-refractivity contribution in [1.29, 1.82) is 21.0 Å². The largest absolute Gasteiger partial charge is 0.378 e. The number of nitrogens with zero attached hydrogens (tertiary/aromatic N) is 16. The van der Waals surface area contributed by atoms with E-state index in [1.807, 2.05) is 105 Å². The van der Waals surface area contributed by atoms with Gasteiger partial charge >= 0.3 is 0 Å². The van der Waals surface area contributed by atoms with Gasteiger partial charge in [-0.2, -0.15) is 31.2 Å². The lowest BCUT2D eigenvalue weighted by molar-refractivity contribution is 0.0676. The molecular formula is C90H96N16O4S4. The van der Waals surface area contributed by atoms with Gasteiger partial charge in [-0.15, -0.1) is 22.7 Å². The second-order valence-corrected chi connectivity index (χ2v) is 35.6. The van der Waals surface area contributed by atoms with Crippen molar-refractivity contribution in [2.24, 2.45) is 29.6 Å². The van der Waals surface area contributed by atoms with Gasteiger partial charge in [-0.3, -0.25) is 19.0 Å². The molecule has 2 saturated carbocycles. The molecule has 4 aliphatic heterocycles. The van der Waals surface area contributed by atoms with Crippen LogP contribution in [0.3, 0.4) is 0 Å². The molecule has 2 amide bonds. The van der Waals surface area contributed by atoms with Gasteiger partial charge in [0.2, 0.25) is 0 Å². The molecule has 16 rings (SSSR count). The molecule has 2 atom stereocenters. The molecule has 6 aromatic heterocycles. The van der Waals surface area contributed by atoms with Crippen LogP contribution in [0.15, 0.2) is 122 Å². The fraction of sp³-hybridized carbons (Fsp3) is 0.422. The van der Waals surface area contributed by atoms with Crippen LogP contribution < -0.4 is 9.80 Å². The number of thiazole rings is 4. The highest BCUT2D eigenvalue weighted by molar-refractivity contribution is 7.18. The lowest BCUT2D eigenvalue weighted by atomic mass is 10.00. The molecule has 2 N–H and O–H groups in total. The van der Waals surface area contributed by atoms with E-state index in [1.54, 1.807) is 72.9 Å². The van der Waals surface area contributed by atoms with E-state index in [9.17, 15) is 19.8 Å². The third kappa shape index (κ3) is 20.8. The molecule has 584 valence electrons. The zero-order valence-corrected chi connectivity index (χ0v) is 69.2. The quantitative estimate of drug-likeness (QED) is 0.102. The molecule has 20 nitrogen and oxygen atoms in total. The summed E-state index contributed by atoms with van der Waals surface area (Å²) < 4.78 is 3.87. The summed E-state index contributed by atoms with van der Waals surface area (Å²) in [7, 11) is 0. The number of aromatic nitrogens is 8. The van der Waals surface area contributed by atoms with Gasteiger partial charge in [-0.05, 0) is 189 Å². The Labute approximate surface area is 685 Å². The molecule has 10 aromatic rings. The monoisotopic (exact) mass is 1590 g/mol. The Morgan fingerprint density at radius 2 is 0.868 bits per heavy atom. The number of carbonyl (C=O) groups is 2. The predicted octanol–water partition coefficient (Wildman–Crippen LogP) is 17.9. The zero-order valence-electron chi connectivity index (χ0n) is 65.9. The number of likely N-dealkylation sites (tertiary alicyclic amines) is 2. The molecule has 0 bridgehead atoms. The number of aliphatic hydroxyl groups is 2. The number of amides is 2. The molecule has 6 fully saturated rings. The second-order valence-electron chi connectivity index (χ2n) is 31.6. The predicted molar refractivity (Wildman–Crippen MR) is 453 cm³/mol. The van der Waals surface area contributed by atoms with Crippen LogP contribution in [0, 0.1) is 98.6 Å². The fourth-order valence-electron chi connectivity index (χ4n) is 14.6. The Bertz CT molecular complexity index is 5310. The van der Waals surface area contributed by atoms with Gasteiger partial charge in [-0.1, -0.05) is 123 Å². The van der Waals surface area contributed by atoms with Gasteiger partial charge in [0.05, 0.1) is 91.5 Å². The van der Waals surface area contributed by atoms with Crippen molar-refractivity contribution in [3.8, 4) is 114 Å². The summed E-state index contributed by atoms with van der Waals surface area (Å²) in [5.41, 5.74) is 9.45. The van der Waals surface area contributed by atoms with Crippen molar-refractivity contribution < 1.29 is 19.8 Å². The van der Waals surface area contributed by atoms with E-state index < -0.39 is 11.2 Å². The lowest BCUT2D eigenvalue weighted by Gasteiger charge is -2.30. The van der Waals surface area contributed by atoms with E-state index in [4.69, 9.17) is 41.0 Å². The number of piperidine rings is 4. The summed E-state index contributed by atoms with van der Waals surface area (Å²) in [5.74, 6) is 15.7. The van der Waals surface area contributed by atoms with Gasteiger partial charge < -0.3 is 29.8 Å². The second kappa shape index (κ2) is 37.1. The summed E-state index contributed by atoms with van der Waals surface area (Å²) in [4.78, 5) is 57.9. The zero-order chi connectivity index (χ0) is 80.0. The first-order valence-electron chi connectivity index (χ1n) is 39.8. The van der Waals surface area contributed by atoms with Crippen LogP contribution in [0.25, 0.3) is 65.9 Å². The average Bonchev–Trinajstić information content (AvgIpc) is 1.65. The van der Waals surface area contributed by atoms with Gasteiger partial charge in [0, 0.05) is 111 Å².